The van der Waals surface area contributed by atoms with Gasteiger partial charge in [-0.05, 0) is 12.8 Å². The summed E-state index contributed by atoms with van der Waals surface area (Å²) in [4.78, 5) is 21.8. The zero-order valence-corrected chi connectivity index (χ0v) is 15.2. The largest absolute Gasteiger partial charge is 0.465 e. The maximum absolute atomic E-state index is 11.2. The predicted octanol–water partition coefficient (Wildman–Crippen LogP) is 3.78. The van der Waals surface area contributed by atoms with Crippen molar-refractivity contribution < 1.29 is 9.90 Å². The molecule has 0 bridgehead atoms. The van der Waals surface area contributed by atoms with Gasteiger partial charge in [-0.15, -0.1) is 11.3 Å². The number of pyridine rings is 1. The number of likely N-dealkylation sites (tertiary alicyclic amines) is 1. The minimum atomic E-state index is -0.903. The highest BCUT2D eigenvalue weighted by atomic mass is 32.1. The molecule has 2 N–H and O–H groups in total. The number of rotatable bonds is 3. The summed E-state index contributed by atoms with van der Waals surface area (Å²) in [7, 11) is 0. The fraction of sp³-hybridized carbons (Fsp3) is 0.263. The van der Waals surface area contributed by atoms with E-state index < -0.39 is 6.09 Å². The molecule has 0 radical (unpaired) electrons. The number of hydrogen-bond acceptors (Lipinski definition) is 6. The van der Waals surface area contributed by atoms with E-state index in [2.05, 4.69) is 16.4 Å². The number of nitrogens with zero attached hydrogens (tertiary/aromatic N) is 4. The first-order valence-electron chi connectivity index (χ1n) is 8.65. The summed E-state index contributed by atoms with van der Waals surface area (Å²) in [6.45, 7) is 0.965. The number of benzene rings is 1. The summed E-state index contributed by atoms with van der Waals surface area (Å²) in [5, 5.41) is 22.8. The van der Waals surface area contributed by atoms with E-state index in [4.69, 9.17) is 4.98 Å². The molecule has 27 heavy (non-hydrogen) atoms. The smallest absolute Gasteiger partial charge is 0.407 e. The average Bonchev–Trinajstić information content (AvgIpc) is 3.15. The van der Waals surface area contributed by atoms with Gasteiger partial charge in [0.1, 0.15) is 16.6 Å². The lowest BCUT2D eigenvalue weighted by Gasteiger charge is -2.31. The maximum atomic E-state index is 11.2. The van der Waals surface area contributed by atoms with Gasteiger partial charge in [-0.1, -0.05) is 30.3 Å². The van der Waals surface area contributed by atoms with Crippen LogP contribution in [0.3, 0.4) is 0 Å². The molecule has 1 aliphatic rings. The monoisotopic (exact) mass is 379 g/mol. The van der Waals surface area contributed by atoms with Gasteiger partial charge < -0.3 is 15.3 Å². The van der Waals surface area contributed by atoms with Crippen molar-refractivity contribution in [3.8, 4) is 16.6 Å². The van der Waals surface area contributed by atoms with Gasteiger partial charge in [-0.2, -0.15) is 5.26 Å². The van der Waals surface area contributed by atoms with Crippen LogP contribution in [0.5, 0.6) is 0 Å². The molecule has 2 aromatic heterocycles. The Morgan fingerprint density at radius 1 is 1.37 bits per heavy atom. The summed E-state index contributed by atoms with van der Waals surface area (Å²) in [6.07, 6.45) is 2.31. The van der Waals surface area contributed by atoms with E-state index in [1.165, 1.54) is 16.2 Å². The van der Waals surface area contributed by atoms with E-state index in [0.29, 0.717) is 30.0 Å². The van der Waals surface area contributed by atoms with Crippen molar-refractivity contribution in [2.24, 2.45) is 0 Å². The zero-order valence-electron chi connectivity index (χ0n) is 14.4. The highest BCUT2D eigenvalue weighted by Gasteiger charge is 2.24. The lowest BCUT2D eigenvalue weighted by Crippen LogP contribution is -2.44. The van der Waals surface area contributed by atoms with E-state index in [1.807, 2.05) is 30.3 Å². The van der Waals surface area contributed by atoms with E-state index in [0.717, 1.165) is 28.1 Å². The summed E-state index contributed by atoms with van der Waals surface area (Å²) < 4.78 is 0.791. The standard InChI is InChI=1S/C19H17N5O2S/c20-9-13-10-21-17(22-14-7-4-8-24(11-14)19(25)26)15-16(13)27-18(23-15)12-5-2-1-3-6-12/h1-3,5-6,10,14H,4,7-8,11H2,(H,21,22)(H,25,26)/t14-/m0/s1. The van der Waals surface area contributed by atoms with Crippen LogP contribution >= 0.6 is 11.3 Å². The quantitative estimate of drug-likeness (QED) is 0.718. The topological polar surface area (TPSA) is 102 Å². The lowest BCUT2D eigenvalue weighted by atomic mass is 10.1. The third-order valence-corrected chi connectivity index (χ3v) is 5.73. The van der Waals surface area contributed by atoms with Gasteiger partial charge >= 0.3 is 6.09 Å². The van der Waals surface area contributed by atoms with Crippen molar-refractivity contribution in [1.29, 1.82) is 5.26 Å². The number of fused-ring (bicyclic) bond motifs is 1. The molecule has 1 aliphatic heterocycles. The first kappa shape index (κ1) is 17.2. The number of anilines is 1. The molecule has 4 rings (SSSR count). The van der Waals surface area contributed by atoms with Crippen LogP contribution in [0.2, 0.25) is 0 Å². The van der Waals surface area contributed by atoms with Crippen molar-refractivity contribution in [3.63, 3.8) is 0 Å². The van der Waals surface area contributed by atoms with Gasteiger partial charge in [0.05, 0.1) is 10.3 Å². The van der Waals surface area contributed by atoms with E-state index in [1.54, 1.807) is 6.20 Å². The molecule has 3 aromatic rings. The van der Waals surface area contributed by atoms with Crippen LogP contribution in [0.15, 0.2) is 36.5 Å². The van der Waals surface area contributed by atoms with Gasteiger partial charge in [-0.25, -0.2) is 14.8 Å². The van der Waals surface area contributed by atoms with Crippen molar-refractivity contribution >= 4 is 33.5 Å². The molecule has 7 nitrogen and oxygen atoms in total. The number of amides is 1. The summed E-state index contributed by atoms with van der Waals surface area (Å²) in [6, 6.07) is 12.0. The molecule has 136 valence electrons. The van der Waals surface area contributed by atoms with Crippen LogP contribution in [-0.2, 0) is 0 Å². The van der Waals surface area contributed by atoms with Crippen molar-refractivity contribution in [3.05, 3.63) is 42.1 Å². The minimum Gasteiger partial charge on any atom is -0.465 e. The molecule has 0 spiro atoms. The molecule has 1 atom stereocenters. The van der Waals surface area contributed by atoms with Crippen molar-refractivity contribution in [1.82, 2.24) is 14.9 Å². The normalized spacial score (nSPS) is 16.9. The molecular formula is C19H17N5O2S. The van der Waals surface area contributed by atoms with Crippen LogP contribution in [0.1, 0.15) is 18.4 Å². The van der Waals surface area contributed by atoms with Gasteiger partial charge in [0.2, 0.25) is 0 Å². The fourth-order valence-electron chi connectivity index (χ4n) is 3.26. The van der Waals surface area contributed by atoms with Crippen LogP contribution in [0.25, 0.3) is 20.8 Å². The summed E-state index contributed by atoms with van der Waals surface area (Å²) in [5.41, 5.74) is 2.14. The van der Waals surface area contributed by atoms with Gasteiger partial charge in [0.25, 0.3) is 0 Å². The molecule has 1 fully saturated rings. The van der Waals surface area contributed by atoms with Crippen LogP contribution < -0.4 is 5.32 Å². The fourth-order valence-corrected chi connectivity index (χ4v) is 4.30. The third-order valence-electron chi connectivity index (χ3n) is 4.59. The van der Waals surface area contributed by atoms with Gasteiger partial charge in [-0.3, -0.25) is 0 Å². The number of carbonyl (C=O) groups is 1. The maximum Gasteiger partial charge on any atom is 0.407 e. The number of piperidine rings is 1. The van der Waals surface area contributed by atoms with Gasteiger partial charge in [0, 0.05) is 30.9 Å². The lowest BCUT2D eigenvalue weighted by molar-refractivity contribution is 0.133. The number of thiazole rings is 1. The number of carboxylic acid groups (broad SMARTS) is 1. The summed E-state index contributed by atoms with van der Waals surface area (Å²) in [5.74, 6) is 0.597. The first-order valence-corrected chi connectivity index (χ1v) is 9.47. The van der Waals surface area contributed by atoms with Gasteiger partial charge in [0.15, 0.2) is 5.82 Å². The molecule has 0 aliphatic carbocycles. The second-order valence-corrected chi connectivity index (χ2v) is 7.41. The Balaban J connectivity index is 1.70. The van der Waals surface area contributed by atoms with Crippen LogP contribution in [0.4, 0.5) is 10.6 Å². The Hall–Kier alpha value is -3.18. The second-order valence-electron chi connectivity index (χ2n) is 6.41. The van der Waals surface area contributed by atoms with Crippen LogP contribution in [-0.4, -0.2) is 45.2 Å². The molecule has 8 heteroatoms. The first-order chi connectivity index (χ1) is 13.2. The number of hydrogen-bond donors (Lipinski definition) is 2. The average molecular weight is 379 g/mol. The molecule has 1 saturated heterocycles. The molecule has 1 amide bonds. The van der Waals surface area contributed by atoms with E-state index in [9.17, 15) is 15.2 Å². The van der Waals surface area contributed by atoms with E-state index >= 15 is 0 Å². The Morgan fingerprint density at radius 2 is 2.19 bits per heavy atom. The third kappa shape index (κ3) is 3.41. The zero-order chi connectivity index (χ0) is 18.8. The number of nitrogens with one attached hydrogen (secondary N) is 1. The molecule has 3 heterocycles. The number of nitriles is 1. The van der Waals surface area contributed by atoms with E-state index in [-0.39, 0.29) is 6.04 Å². The van der Waals surface area contributed by atoms with Crippen LogP contribution in [0, 0.1) is 11.3 Å². The molecule has 0 unspecified atom stereocenters. The summed E-state index contributed by atoms with van der Waals surface area (Å²) >= 11 is 1.47. The Labute approximate surface area is 159 Å². The highest BCUT2D eigenvalue weighted by Crippen LogP contribution is 2.35. The second kappa shape index (κ2) is 7.21. The highest BCUT2D eigenvalue weighted by molar-refractivity contribution is 7.22. The minimum absolute atomic E-state index is 0.0274. The number of aromatic nitrogens is 2. The van der Waals surface area contributed by atoms with Crippen molar-refractivity contribution in [2.75, 3.05) is 18.4 Å². The van der Waals surface area contributed by atoms with Crippen molar-refractivity contribution in [2.45, 2.75) is 18.9 Å². The predicted molar refractivity (Wildman–Crippen MR) is 104 cm³/mol. The Kier molecular flexibility index (Phi) is 4.60. The Morgan fingerprint density at radius 3 is 2.93 bits per heavy atom. The molecular weight excluding hydrogens is 362 g/mol. The SMILES string of the molecule is N#Cc1cnc(N[C@H]2CCCN(C(=O)O)C2)c2nc(-c3ccccc3)sc12. The molecule has 1 aromatic carbocycles. The Bertz CT molecular complexity index is 1030. The molecule has 0 saturated carbocycles.